The number of hydrogen-bond donors (Lipinski definition) is 1. The van der Waals surface area contributed by atoms with Gasteiger partial charge in [0.1, 0.15) is 6.04 Å². The molecule has 1 aliphatic heterocycles. The number of carboxylic acid groups (broad SMARTS) is 1. The molecule has 20 heavy (non-hydrogen) atoms. The van der Waals surface area contributed by atoms with E-state index in [4.69, 9.17) is 0 Å². The van der Waals surface area contributed by atoms with Crippen LogP contribution in [0.4, 0.5) is 0 Å². The van der Waals surface area contributed by atoms with Crippen molar-refractivity contribution in [1.29, 1.82) is 0 Å². The van der Waals surface area contributed by atoms with Gasteiger partial charge in [-0.1, -0.05) is 43.2 Å². The van der Waals surface area contributed by atoms with Crippen LogP contribution >= 0.6 is 12.4 Å². The first kappa shape index (κ1) is 15.3. The molecule has 0 radical (unpaired) electrons. The summed E-state index contributed by atoms with van der Waals surface area (Å²) in [5.41, 5.74) is 1.22. The third kappa shape index (κ3) is 2.99. The number of halogens is 1. The molecule has 4 heteroatoms. The monoisotopic (exact) mass is 295 g/mol. The molecule has 2 aliphatic rings. The molecule has 0 bridgehead atoms. The van der Waals surface area contributed by atoms with E-state index in [1.165, 1.54) is 31.2 Å². The fourth-order valence-electron chi connectivity index (χ4n) is 3.82. The average Bonchev–Trinajstić information content (AvgIpc) is 2.79. The summed E-state index contributed by atoms with van der Waals surface area (Å²) in [6, 6.07) is 10.4. The zero-order valence-corrected chi connectivity index (χ0v) is 12.4. The molecule has 3 nitrogen and oxygen atoms in total. The average molecular weight is 296 g/mol. The Morgan fingerprint density at radius 1 is 1.20 bits per heavy atom. The predicted molar refractivity (Wildman–Crippen MR) is 81.0 cm³/mol. The molecule has 110 valence electrons. The molecule has 2 fully saturated rings. The largest absolute Gasteiger partial charge is 0.480 e. The second-order valence-corrected chi connectivity index (χ2v) is 5.86. The highest BCUT2D eigenvalue weighted by Gasteiger charge is 2.44. The normalized spacial score (nSPS) is 29.5. The Bertz CT molecular complexity index is 451. The maximum atomic E-state index is 11.5. The summed E-state index contributed by atoms with van der Waals surface area (Å²) < 4.78 is 0. The van der Waals surface area contributed by atoms with Gasteiger partial charge in [0, 0.05) is 12.6 Å². The third-order valence-corrected chi connectivity index (χ3v) is 4.71. The van der Waals surface area contributed by atoms with Gasteiger partial charge >= 0.3 is 5.97 Å². The molecule has 1 aliphatic carbocycles. The van der Waals surface area contributed by atoms with Gasteiger partial charge in [-0.15, -0.1) is 12.4 Å². The first-order valence-electron chi connectivity index (χ1n) is 7.28. The van der Waals surface area contributed by atoms with Crippen LogP contribution in [0.1, 0.15) is 37.7 Å². The van der Waals surface area contributed by atoms with E-state index in [1.807, 2.05) is 18.2 Å². The van der Waals surface area contributed by atoms with Crippen molar-refractivity contribution in [3.63, 3.8) is 0 Å². The van der Waals surface area contributed by atoms with Crippen LogP contribution < -0.4 is 0 Å². The lowest BCUT2D eigenvalue weighted by atomic mass is 9.84. The minimum absolute atomic E-state index is 0. The Kier molecular flexibility index (Phi) is 5.06. The number of aliphatic carboxylic acids is 1. The molecule has 3 rings (SSSR count). The molecule has 0 unspecified atom stereocenters. The van der Waals surface area contributed by atoms with Crippen LogP contribution in [-0.2, 0) is 11.3 Å². The van der Waals surface area contributed by atoms with Crippen molar-refractivity contribution in [2.45, 2.75) is 50.7 Å². The predicted octanol–water partition coefficient (Wildman–Crippen LogP) is 3.33. The Morgan fingerprint density at radius 2 is 1.90 bits per heavy atom. The molecule has 1 aromatic carbocycles. The minimum atomic E-state index is -0.648. The van der Waals surface area contributed by atoms with Crippen molar-refractivity contribution in [2.24, 2.45) is 5.92 Å². The summed E-state index contributed by atoms with van der Waals surface area (Å²) >= 11 is 0. The van der Waals surface area contributed by atoms with Gasteiger partial charge in [0.2, 0.25) is 0 Å². The van der Waals surface area contributed by atoms with E-state index in [-0.39, 0.29) is 18.4 Å². The van der Waals surface area contributed by atoms with E-state index in [0.29, 0.717) is 12.0 Å². The van der Waals surface area contributed by atoms with Gasteiger partial charge in [-0.05, 0) is 30.7 Å². The molecular formula is C16H22ClNO2. The number of fused-ring (bicyclic) bond motifs is 1. The first-order valence-corrected chi connectivity index (χ1v) is 7.28. The van der Waals surface area contributed by atoms with Gasteiger partial charge in [0.05, 0.1) is 0 Å². The lowest BCUT2D eigenvalue weighted by Crippen LogP contribution is -2.41. The van der Waals surface area contributed by atoms with Crippen LogP contribution in [0.3, 0.4) is 0 Å². The van der Waals surface area contributed by atoms with Gasteiger partial charge in [-0.3, -0.25) is 9.69 Å². The Labute approximate surface area is 126 Å². The second-order valence-electron chi connectivity index (χ2n) is 5.86. The highest BCUT2D eigenvalue weighted by Crippen LogP contribution is 2.40. The number of benzene rings is 1. The van der Waals surface area contributed by atoms with Crippen molar-refractivity contribution >= 4 is 18.4 Å². The molecule has 1 saturated carbocycles. The zero-order chi connectivity index (χ0) is 13.2. The van der Waals surface area contributed by atoms with E-state index in [1.54, 1.807) is 0 Å². The summed E-state index contributed by atoms with van der Waals surface area (Å²) in [4.78, 5) is 13.7. The fourth-order valence-corrected chi connectivity index (χ4v) is 3.82. The van der Waals surface area contributed by atoms with Crippen LogP contribution in [0, 0.1) is 5.92 Å². The maximum Gasteiger partial charge on any atom is 0.320 e. The molecule has 0 amide bonds. The van der Waals surface area contributed by atoms with Crippen molar-refractivity contribution < 1.29 is 9.90 Å². The van der Waals surface area contributed by atoms with E-state index >= 15 is 0 Å². The van der Waals surface area contributed by atoms with Crippen molar-refractivity contribution in [1.82, 2.24) is 4.90 Å². The fraction of sp³-hybridized carbons (Fsp3) is 0.562. The van der Waals surface area contributed by atoms with E-state index < -0.39 is 5.97 Å². The molecule has 3 atom stereocenters. The van der Waals surface area contributed by atoms with Crippen LogP contribution in [-0.4, -0.2) is 28.1 Å². The number of likely N-dealkylation sites (tertiary alicyclic amines) is 1. The Morgan fingerprint density at radius 3 is 2.60 bits per heavy atom. The molecule has 1 aromatic rings. The van der Waals surface area contributed by atoms with Crippen LogP contribution in [0.15, 0.2) is 30.3 Å². The summed E-state index contributed by atoms with van der Waals surface area (Å²) in [5, 5.41) is 9.47. The summed E-state index contributed by atoms with van der Waals surface area (Å²) in [6.07, 6.45) is 5.74. The number of nitrogens with zero attached hydrogens (tertiary/aromatic N) is 1. The minimum Gasteiger partial charge on any atom is -0.480 e. The molecule has 1 N–H and O–H groups in total. The molecule has 0 aromatic heterocycles. The number of rotatable bonds is 3. The van der Waals surface area contributed by atoms with Gasteiger partial charge in [-0.2, -0.15) is 0 Å². The summed E-state index contributed by atoms with van der Waals surface area (Å²) in [7, 11) is 0. The topological polar surface area (TPSA) is 40.5 Å². The van der Waals surface area contributed by atoms with E-state index in [0.717, 1.165) is 13.0 Å². The zero-order valence-electron chi connectivity index (χ0n) is 11.6. The Balaban J connectivity index is 0.00000147. The lowest BCUT2D eigenvalue weighted by Gasteiger charge is -2.33. The van der Waals surface area contributed by atoms with Crippen molar-refractivity contribution in [3.8, 4) is 0 Å². The van der Waals surface area contributed by atoms with Gasteiger partial charge in [0.15, 0.2) is 0 Å². The number of carbonyl (C=O) groups is 1. The van der Waals surface area contributed by atoms with Crippen LogP contribution in [0.25, 0.3) is 0 Å². The summed E-state index contributed by atoms with van der Waals surface area (Å²) in [5.74, 6) is -0.0520. The Hall–Kier alpha value is -1.06. The maximum absolute atomic E-state index is 11.5. The van der Waals surface area contributed by atoms with Crippen LogP contribution in [0.2, 0.25) is 0 Å². The lowest BCUT2D eigenvalue weighted by molar-refractivity contribution is -0.142. The van der Waals surface area contributed by atoms with E-state index in [9.17, 15) is 9.90 Å². The number of carboxylic acids is 1. The second kappa shape index (κ2) is 6.59. The smallest absolute Gasteiger partial charge is 0.320 e. The first-order chi connectivity index (χ1) is 9.25. The van der Waals surface area contributed by atoms with Crippen LogP contribution in [0.5, 0.6) is 0 Å². The molecule has 0 spiro atoms. The van der Waals surface area contributed by atoms with Crippen molar-refractivity contribution in [3.05, 3.63) is 35.9 Å². The molecule has 1 saturated heterocycles. The number of hydrogen-bond acceptors (Lipinski definition) is 2. The van der Waals surface area contributed by atoms with Crippen molar-refractivity contribution in [2.75, 3.05) is 0 Å². The van der Waals surface area contributed by atoms with Gasteiger partial charge < -0.3 is 5.11 Å². The third-order valence-electron chi connectivity index (χ3n) is 4.71. The highest BCUT2D eigenvalue weighted by molar-refractivity contribution is 5.85. The van der Waals surface area contributed by atoms with Gasteiger partial charge in [0.25, 0.3) is 0 Å². The van der Waals surface area contributed by atoms with E-state index in [2.05, 4.69) is 17.0 Å². The highest BCUT2D eigenvalue weighted by atomic mass is 35.5. The summed E-state index contributed by atoms with van der Waals surface area (Å²) in [6.45, 7) is 0.777. The molecule has 1 heterocycles. The van der Waals surface area contributed by atoms with Gasteiger partial charge in [-0.25, -0.2) is 0 Å². The standard InChI is InChI=1S/C16H21NO2.ClH/c18-16(19)15-10-13-8-4-5-9-14(13)17(15)11-12-6-2-1-3-7-12;/h1-3,6-7,13-15H,4-5,8-11H2,(H,18,19);1H/t13-,14+,15+;/m0./s1. The molecular weight excluding hydrogens is 274 g/mol. The quantitative estimate of drug-likeness (QED) is 0.930. The SMILES string of the molecule is Cl.O=C(O)[C@H]1C[C@@H]2CCCC[C@H]2N1Cc1ccccc1.